The van der Waals surface area contributed by atoms with Gasteiger partial charge in [0.15, 0.2) is 0 Å². The van der Waals surface area contributed by atoms with Gasteiger partial charge in [0.05, 0.1) is 11.6 Å². The van der Waals surface area contributed by atoms with Crippen molar-refractivity contribution in [1.29, 1.82) is 0 Å². The Morgan fingerprint density at radius 1 is 1.29 bits per heavy atom. The first-order valence-electron chi connectivity index (χ1n) is 7.04. The van der Waals surface area contributed by atoms with Crippen LogP contribution >= 0.6 is 0 Å². The third-order valence-electron chi connectivity index (χ3n) is 3.61. The summed E-state index contributed by atoms with van der Waals surface area (Å²) in [6.07, 6.45) is 3.96. The highest BCUT2D eigenvalue weighted by atomic mass is 16.5. The molecule has 21 heavy (non-hydrogen) atoms. The van der Waals surface area contributed by atoms with E-state index in [1.807, 2.05) is 38.1 Å². The number of pyridine rings is 1. The van der Waals surface area contributed by atoms with Crippen molar-refractivity contribution in [1.82, 2.24) is 10.3 Å². The number of nitrogens with one attached hydrogen (secondary N) is 1. The van der Waals surface area contributed by atoms with E-state index in [0.717, 1.165) is 17.7 Å². The summed E-state index contributed by atoms with van der Waals surface area (Å²) in [7, 11) is 0. The molecule has 1 atom stereocenters. The number of ether oxygens (including phenoxy) is 1. The lowest BCUT2D eigenvalue weighted by Crippen LogP contribution is -2.41. The lowest BCUT2D eigenvalue weighted by molar-refractivity contribution is 0.0619. The average Bonchev–Trinajstić information content (AvgIpc) is 2.47. The summed E-state index contributed by atoms with van der Waals surface area (Å²) in [6, 6.07) is 11.3. The van der Waals surface area contributed by atoms with Crippen molar-refractivity contribution < 1.29 is 9.53 Å². The molecule has 0 bridgehead atoms. The van der Waals surface area contributed by atoms with Crippen molar-refractivity contribution >= 4 is 5.91 Å². The topological polar surface area (TPSA) is 51.2 Å². The first kappa shape index (κ1) is 13.6. The Morgan fingerprint density at radius 3 is 2.86 bits per heavy atom. The Balaban J connectivity index is 1.87. The fourth-order valence-electron chi connectivity index (χ4n) is 2.67. The van der Waals surface area contributed by atoms with Crippen LogP contribution in [0.5, 0.6) is 5.75 Å². The summed E-state index contributed by atoms with van der Waals surface area (Å²) in [5.41, 5.74) is 1.29. The van der Waals surface area contributed by atoms with E-state index in [2.05, 4.69) is 10.3 Å². The number of amides is 1. The molecule has 0 saturated carbocycles. The van der Waals surface area contributed by atoms with Crippen molar-refractivity contribution in [2.75, 3.05) is 0 Å². The minimum absolute atomic E-state index is 0.0577. The number of benzene rings is 1. The Kier molecular flexibility index (Phi) is 3.37. The second-order valence-corrected chi connectivity index (χ2v) is 5.87. The number of hydrogen-bond acceptors (Lipinski definition) is 3. The fraction of sp³-hybridized carbons (Fsp3) is 0.294. The van der Waals surface area contributed by atoms with E-state index in [0.29, 0.717) is 5.56 Å². The minimum Gasteiger partial charge on any atom is -0.487 e. The van der Waals surface area contributed by atoms with E-state index in [9.17, 15) is 4.79 Å². The molecule has 1 amide bonds. The molecule has 0 radical (unpaired) electrons. The predicted octanol–water partition coefficient (Wildman–Crippen LogP) is 3.11. The van der Waals surface area contributed by atoms with Gasteiger partial charge in [0.1, 0.15) is 11.4 Å². The number of fused-ring (bicyclic) bond motifs is 1. The Labute approximate surface area is 124 Å². The van der Waals surface area contributed by atoms with Crippen LogP contribution in [0.1, 0.15) is 42.2 Å². The Hall–Kier alpha value is -2.36. The second kappa shape index (κ2) is 5.20. The molecule has 0 saturated heterocycles. The number of carbonyl (C=O) groups is 1. The van der Waals surface area contributed by atoms with Gasteiger partial charge in [0.2, 0.25) is 0 Å². The molecule has 1 aliphatic heterocycles. The van der Waals surface area contributed by atoms with Gasteiger partial charge >= 0.3 is 0 Å². The lowest BCUT2D eigenvalue weighted by Gasteiger charge is -2.37. The van der Waals surface area contributed by atoms with Crippen LogP contribution in [0.15, 0.2) is 48.8 Å². The van der Waals surface area contributed by atoms with E-state index in [4.69, 9.17) is 4.74 Å². The summed E-state index contributed by atoms with van der Waals surface area (Å²) in [4.78, 5) is 16.3. The zero-order valence-corrected chi connectivity index (χ0v) is 12.2. The van der Waals surface area contributed by atoms with Crippen molar-refractivity contribution in [3.05, 3.63) is 59.9 Å². The van der Waals surface area contributed by atoms with E-state index >= 15 is 0 Å². The molecule has 0 fully saturated rings. The van der Waals surface area contributed by atoms with Crippen LogP contribution in [0.25, 0.3) is 0 Å². The normalized spacial score (nSPS) is 19.2. The smallest absolute Gasteiger partial charge is 0.253 e. The lowest BCUT2D eigenvalue weighted by atomic mass is 9.89. The first-order valence-corrected chi connectivity index (χ1v) is 7.04. The average molecular weight is 282 g/mol. The number of hydrogen-bond donors (Lipinski definition) is 1. The summed E-state index contributed by atoms with van der Waals surface area (Å²) < 4.78 is 5.97. The molecule has 1 aromatic heterocycles. The van der Waals surface area contributed by atoms with Gasteiger partial charge in [-0.25, -0.2) is 0 Å². The third kappa shape index (κ3) is 2.89. The van der Waals surface area contributed by atoms with Crippen LogP contribution in [0.2, 0.25) is 0 Å². The van der Waals surface area contributed by atoms with Crippen LogP contribution in [0.3, 0.4) is 0 Å². The SMILES string of the molecule is CC1(C)CC(NC(=O)c2cccnc2)c2ccccc2O1. The van der Waals surface area contributed by atoms with Crippen molar-refractivity contribution in [2.45, 2.75) is 31.9 Å². The maximum atomic E-state index is 12.3. The maximum Gasteiger partial charge on any atom is 0.253 e. The highest BCUT2D eigenvalue weighted by molar-refractivity contribution is 5.94. The van der Waals surface area contributed by atoms with Crippen LogP contribution in [0, 0.1) is 0 Å². The van der Waals surface area contributed by atoms with Gasteiger partial charge in [-0.2, -0.15) is 0 Å². The fourth-order valence-corrected chi connectivity index (χ4v) is 2.67. The van der Waals surface area contributed by atoms with Crippen LogP contribution in [0.4, 0.5) is 0 Å². The first-order chi connectivity index (χ1) is 10.1. The standard InChI is InChI=1S/C17H18N2O2/c1-17(2)10-14(13-7-3-4-8-15(13)21-17)19-16(20)12-6-5-9-18-11-12/h3-9,11,14H,10H2,1-2H3,(H,19,20). The summed E-state index contributed by atoms with van der Waals surface area (Å²) in [5.74, 6) is 0.728. The molecule has 1 aromatic carbocycles. The summed E-state index contributed by atoms with van der Waals surface area (Å²) in [6.45, 7) is 4.07. The van der Waals surface area contributed by atoms with E-state index in [1.54, 1.807) is 24.5 Å². The second-order valence-electron chi connectivity index (χ2n) is 5.87. The predicted molar refractivity (Wildman–Crippen MR) is 80.2 cm³/mol. The molecule has 0 aliphatic carbocycles. The van der Waals surface area contributed by atoms with Crippen molar-refractivity contribution in [2.24, 2.45) is 0 Å². The number of para-hydroxylation sites is 1. The van der Waals surface area contributed by atoms with Crippen LogP contribution in [-0.4, -0.2) is 16.5 Å². The monoisotopic (exact) mass is 282 g/mol. The van der Waals surface area contributed by atoms with Gasteiger partial charge in [-0.15, -0.1) is 0 Å². The third-order valence-corrected chi connectivity index (χ3v) is 3.61. The molecule has 1 N–H and O–H groups in total. The van der Waals surface area contributed by atoms with Crippen LogP contribution in [-0.2, 0) is 0 Å². The number of carbonyl (C=O) groups excluding carboxylic acids is 1. The van der Waals surface area contributed by atoms with Crippen molar-refractivity contribution in [3.63, 3.8) is 0 Å². The number of rotatable bonds is 2. The molecular weight excluding hydrogens is 264 g/mol. The highest BCUT2D eigenvalue weighted by Crippen LogP contribution is 2.39. The molecule has 4 heteroatoms. The maximum absolute atomic E-state index is 12.3. The Bertz CT molecular complexity index is 653. The van der Waals surface area contributed by atoms with Crippen LogP contribution < -0.4 is 10.1 Å². The molecule has 1 unspecified atom stereocenters. The van der Waals surface area contributed by atoms with Gasteiger partial charge in [-0.1, -0.05) is 18.2 Å². The molecule has 3 rings (SSSR count). The largest absolute Gasteiger partial charge is 0.487 e. The molecule has 108 valence electrons. The summed E-state index contributed by atoms with van der Waals surface area (Å²) in [5, 5.41) is 3.09. The Morgan fingerprint density at radius 2 is 2.10 bits per heavy atom. The van der Waals surface area contributed by atoms with E-state index < -0.39 is 0 Å². The number of nitrogens with zero attached hydrogens (tertiary/aromatic N) is 1. The van der Waals surface area contributed by atoms with Gasteiger partial charge < -0.3 is 10.1 Å². The van der Waals surface area contributed by atoms with E-state index in [1.165, 1.54) is 0 Å². The zero-order chi connectivity index (χ0) is 14.9. The minimum atomic E-state index is -0.304. The van der Waals surface area contributed by atoms with Gasteiger partial charge in [0, 0.05) is 24.4 Å². The van der Waals surface area contributed by atoms with Gasteiger partial charge in [0.25, 0.3) is 5.91 Å². The summed E-state index contributed by atoms with van der Waals surface area (Å²) >= 11 is 0. The molecule has 2 heterocycles. The molecule has 4 nitrogen and oxygen atoms in total. The molecule has 2 aromatic rings. The quantitative estimate of drug-likeness (QED) is 0.920. The molecular formula is C17H18N2O2. The van der Waals surface area contributed by atoms with Gasteiger partial charge in [-0.05, 0) is 32.0 Å². The van der Waals surface area contributed by atoms with E-state index in [-0.39, 0.29) is 17.6 Å². The van der Waals surface area contributed by atoms with Gasteiger partial charge in [-0.3, -0.25) is 9.78 Å². The van der Waals surface area contributed by atoms with Crippen molar-refractivity contribution in [3.8, 4) is 5.75 Å². The molecule has 1 aliphatic rings. The zero-order valence-electron chi connectivity index (χ0n) is 12.2. The highest BCUT2D eigenvalue weighted by Gasteiger charge is 2.34. The number of aromatic nitrogens is 1. The molecule has 0 spiro atoms.